The fraction of sp³-hybridized carbons (Fsp3) is 0. The molecular weight excluding hydrogens is 418 g/mol. The Morgan fingerprint density at radius 3 is 2.13 bits per heavy atom. The van der Waals surface area contributed by atoms with Gasteiger partial charge in [0.2, 0.25) is 5.89 Å². The average molecular weight is 432 g/mol. The van der Waals surface area contributed by atoms with Crippen LogP contribution in [0.3, 0.4) is 0 Å². The van der Waals surface area contributed by atoms with Crippen molar-refractivity contribution in [1.29, 1.82) is 0 Å². The van der Waals surface area contributed by atoms with Crippen LogP contribution in [0.2, 0.25) is 5.02 Å². The van der Waals surface area contributed by atoms with Crippen molar-refractivity contribution in [1.82, 2.24) is 15.1 Å². The Kier molecular flexibility index (Phi) is 5.09. The molecule has 0 radical (unpaired) electrons. The molecule has 2 aromatic heterocycles. The van der Waals surface area contributed by atoms with Crippen molar-refractivity contribution >= 4 is 23.4 Å². The molecule has 0 aliphatic heterocycles. The molecular formula is C23H14ClN3O2S. The van der Waals surface area contributed by atoms with Gasteiger partial charge in [-0.2, -0.15) is 4.98 Å². The molecule has 0 saturated carbocycles. The van der Waals surface area contributed by atoms with E-state index in [0.717, 1.165) is 27.3 Å². The summed E-state index contributed by atoms with van der Waals surface area (Å²) in [5, 5.41) is 5.06. The van der Waals surface area contributed by atoms with Crippen LogP contribution in [0.1, 0.15) is 0 Å². The number of hydrogen-bond acceptors (Lipinski definition) is 6. The standard InChI is InChI=1S/C23H14ClN3O2S/c24-18-10-12-19(13-11-18)30-23-20(27-22(28-23)16-4-2-1-3-5-16)15-6-8-17(9-7-15)21-25-14-26-29-21/h1-14H. The van der Waals surface area contributed by atoms with E-state index in [4.69, 9.17) is 25.5 Å². The van der Waals surface area contributed by atoms with Crippen molar-refractivity contribution in [3.8, 4) is 34.2 Å². The van der Waals surface area contributed by atoms with E-state index in [1.165, 1.54) is 18.1 Å². The van der Waals surface area contributed by atoms with Gasteiger partial charge in [0, 0.05) is 26.6 Å². The second-order valence-electron chi connectivity index (χ2n) is 6.40. The number of nitrogens with zero attached hydrogens (tertiary/aromatic N) is 3. The van der Waals surface area contributed by atoms with E-state index in [2.05, 4.69) is 10.1 Å². The van der Waals surface area contributed by atoms with Gasteiger partial charge in [0.05, 0.1) is 0 Å². The topological polar surface area (TPSA) is 65.0 Å². The highest BCUT2D eigenvalue weighted by Crippen LogP contribution is 2.39. The van der Waals surface area contributed by atoms with Crippen LogP contribution in [0, 0.1) is 0 Å². The Hall–Kier alpha value is -3.35. The van der Waals surface area contributed by atoms with Crippen LogP contribution in [0.5, 0.6) is 0 Å². The lowest BCUT2D eigenvalue weighted by Crippen LogP contribution is -1.83. The molecule has 3 aromatic carbocycles. The summed E-state index contributed by atoms with van der Waals surface area (Å²) >= 11 is 7.53. The molecule has 7 heteroatoms. The van der Waals surface area contributed by atoms with Gasteiger partial charge in [0.25, 0.3) is 5.89 Å². The summed E-state index contributed by atoms with van der Waals surface area (Å²) in [4.78, 5) is 9.89. The van der Waals surface area contributed by atoms with Crippen LogP contribution in [0.15, 0.2) is 104 Å². The zero-order valence-corrected chi connectivity index (χ0v) is 17.1. The van der Waals surface area contributed by atoms with Gasteiger partial charge in [0.15, 0.2) is 11.4 Å². The van der Waals surface area contributed by atoms with Crippen molar-refractivity contribution in [3.63, 3.8) is 0 Å². The molecule has 5 rings (SSSR count). The summed E-state index contributed by atoms with van der Waals surface area (Å²) in [6, 6.07) is 25.3. The number of hydrogen-bond donors (Lipinski definition) is 0. The molecule has 5 nitrogen and oxygen atoms in total. The van der Waals surface area contributed by atoms with Crippen LogP contribution in [-0.4, -0.2) is 15.1 Å². The van der Waals surface area contributed by atoms with Crippen LogP contribution in [0.25, 0.3) is 34.2 Å². The van der Waals surface area contributed by atoms with Gasteiger partial charge in [-0.3, -0.25) is 0 Å². The highest BCUT2D eigenvalue weighted by molar-refractivity contribution is 7.99. The highest BCUT2D eigenvalue weighted by atomic mass is 35.5. The molecule has 146 valence electrons. The van der Waals surface area contributed by atoms with Gasteiger partial charge < -0.3 is 8.94 Å². The summed E-state index contributed by atoms with van der Waals surface area (Å²) in [6.07, 6.45) is 1.38. The van der Waals surface area contributed by atoms with E-state index >= 15 is 0 Å². The molecule has 5 aromatic rings. The van der Waals surface area contributed by atoms with Gasteiger partial charge in [-0.1, -0.05) is 47.1 Å². The van der Waals surface area contributed by atoms with Gasteiger partial charge in [-0.15, -0.1) is 0 Å². The first-order valence-electron chi connectivity index (χ1n) is 9.13. The minimum absolute atomic E-state index is 0.474. The number of aromatic nitrogens is 3. The zero-order valence-electron chi connectivity index (χ0n) is 15.5. The van der Waals surface area contributed by atoms with Crippen LogP contribution < -0.4 is 0 Å². The molecule has 0 saturated heterocycles. The van der Waals surface area contributed by atoms with E-state index in [1.807, 2.05) is 78.9 Å². The summed E-state index contributed by atoms with van der Waals surface area (Å²) < 4.78 is 11.3. The zero-order chi connectivity index (χ0) is 20.3. The molecule has 0 aliphatic rings. The number of halogens is 1. The first kappa shape index (κ1) is 18.7. The van der Waals surface area contributed by atoms with E-state index < -0.39 is 0 Å². The third-order valence-corrected chi connectivity index (χ3v) is 5.63. The average Bonchev–Trinajstić information content (AvgIpc) is 3.47. The van der Waals surface area contributed by atoms with Gasteiger partial charge >= 0.3 is 0 Å². The Morgan fingerprint density at radius 1 is 0.733 bits per heavy atom. The molecule has 0 bridgehead atoms. The smallest absolute Gasteiger partial charge is 0.257 e. The molecule has 0 amide bonds. The second kappa shape index (κ2) is 8.18. The summed E-state index contributed by atoms with van der Waals surface area (Å²) in [7, 11) is 0. The first-order valence-corrected chi connectivity index (χ1v) is 10.3. The highest BCUT2D eigenvalue weighted by Gasteiger charge is 2.18. The largest absolute Gasteiger partial charge is 0.429 e. The fourth-order valence-corrected chi connectivity index (χ4v) is 3.94. The Bertz CT molecular complexity index is 1250. The van der Waals surface area contributed by atoms with Gasteiger partial charge in [0.1, 0.15) is 5.69 Å². The van der Waals surface area contributed by atoms with E-state index in [-0.39, 0.29) is 0 Å². The van der Waals surface area contributed by atoms with E-state index in [0.29, 0.717) is 21.9 Å². The van der Waals surface area contributed by atoms with Crippen molar-refractivity contribution in [3.05, 3.63) is 90.2 Å². The molecule has 30 heavy (non-hydrogen) atoms. The van der Waals surface area contributed by atoms with Crippen LogP contribution in [-0.2, 0) is 0 Å². The number of oxazole rings is 1. The van der Waals surface area contributed by atoms with Crippen LogP contribution >= 0.6 is 23.4 Å². The molecule has 0 atom stereocenters. The molecule has 0 unspecified atom stereocenters. The van der Waals surface area contributed by atoms with Gasteiger partial charge in [-0.25, -0.2) is 4.98 Å². The van der Waals surface area contributed by atoms with E-state index in [9.17, 15) is 0 Å². The molecule has 2 heterocycles. The van der Waals surface area contributed by atoms with Crippen molar-refractivity contribution in [2.45, 2.75) is 9.99 Å². The van der Waals surface area contributed by atoms with Crippen molar-refractivity contribution in [2.24, 2.45) is 0 Å². The van der Waals surface area contributed by atoms with Crippen molar-refractivity contribution < 1.29 is 8.94 Å². The maximum Gasteiger partial charge on any atom is 0.257 e. The molecule has 0 N–H and O–H groups in total. The number of rotatable bonds is 5. The predicted octanol–water partition coefficient (Wildman–Crippen LogP) is 6.86. The quantitative estimate of drug-likeness (QED) is 0.302. The minimum atomic E-state index is 0.474. The first-order chi connectivity index (χ1) is 14.8. The molecule has 0 aliphatic carbocycles. The van der Waals surface area contributed by atoms with Crippen molar-refractivity contribution in [2.75, 3.05) is 0 Å². The maximum absolute atomic E-state index is 6.17. The maximum atomic E-state index is 6.17. The lowest BCUT2D eigenvalue weighted by molar-refractivity contribution is 0.430. The number of benzene rings is 3. The summed E-state index contributed by atoms with van der Waals surface area (Å²) in [5.74, 6) is 1.05. The predicted molar refractivity (Wildman–Crippen MR) is 116 cm³/mol. The second-order valence-corrected chi connectivity index (χ2v) is 7.88. The third-order valence-electron chi connectivity index (χ3n) is 4.41. The lowest BCUT2D eigenvalue weighted by Gasteiger charge is -2.02. The Balaban J connectivity index is 1.55. The normalized spacial score (nSPS) is 11.0. The monoisotopic (exact) mass is 431 g/mol. The van der Waals surface area contributed by atoms with Gasteiger partial charge in [-0.05, 0) is 60.3 Å². The lowest BCUT2D eigenvalue weighted by atomic mass is 10.1. The fourth-order valence-electron chi connectivity index (χ4n) is 2.94. The Morgan fingerprint density at radius 2 is 1.43 bits per heavy atom. The Labute approximate surface area is 181 Å². The van der Waals surface area contributed by atoms with E-state index in [1.54, 1.807) is 0 Å². The summed E-state index contributed by atoms with van der Waals surface area (Å²) in [6.45, 7) is 0. The minimum Gasteiger partial charge on any atom is -0.429 e. The third kappa shape index (κ3) is 3.87. The SMILES string of the molecule is Clc1ccc(Sc2oc(-c3ccccc3)nc2-c2ccc(-c3ncno3)cc2)cc1. The molecule has 0 spiro atoms. The summed E-state index contributed by atoms with van der Waals surface area (Å²) in [5.41, 5.74) is 3.46. The van der Waals surface area contributed by atoms with Crippen LogP contribution in [0.4, 0.5) is 0 Å². The molecule has 0 fully saturated rings.